The van der Waals surface area contributed by atoms with Crippen LogP contribution >= 0.6 is 0 Å². The van der Waals surface area contributed by atoms with Gasteiger partial charge in [0, 0.05) is 18.0 Å². The van der Waals surface area contributed by atoms with Gasteiger partial charge < -0.3 is 9.42 Å². The van der Waals surface area contributed by atoms with E-state index >= 15 is 0 Å². The van der Waals surface area contributed by atoms with Gasteiger partial charge >= 0.3 is 0 Å². The van der Waals surface area contributed by atoms with Crippen LogP contribution in [0.3, 0.4) is 0 Å². The van der Waals surface area contributed by atoms with Crippen molar-refractivity contribution in [1.29, 1.82) is 0 Å². The standard InChI is InChI=1S/C21H28FN3O2/c1-3-5-8-15(4-2)21(26)25-14-7-6-9-18(25)20-23-19(24-27-20)16-10-12-17(22)13-11-16/h10-13,15,18H,3-9,14H2,1-2H3/t15-,18-/m0/s1. The number of amides is 1. The van der Waals surface area contributed by atoms with E-state index in [1.807, 2.05) is 4.90 Å². The molecule has 5 nitrogen and oxygen atoms in total. The zero-order valence-corrected chi connectivity index (χ0v) is 16.2. The van der Waals surface area contributed by atoms with Crippen LogP contribution in [0.15, 0.2) is 28.8 Å². The summed E-state index contributed by atoms with van der Waals surface area (Å²) in [6, 6.07) is 5.85. The number of hydrogen-bond donors (Lipinski definition) is 0. The molecular weight excluding hydrogens is 345 g/mol. The van der Waals surface area contributed by atoms with Crippen molar-refractivity contribution in [3.05, 3.63) is 36.0 Å². The Kier molecular flexibility index (Phi) is 6.58. The first-order chi connectivity index (χ1) is 13.1. The summed E-state index contributed by atoms with van der Waals surface area (Å²) in [5.74, 6) is 0.875. The van der Waals surface area contributed by atoms with Gasteiger partial charge in [-0.1, -0.05) is 31.8 Å². The molecule has 1 amide bonds. The molecule has 6 heteroatoms. The number of nitrogens with zero attached hydrogens (tertiary/aromatic N) is 3. The summed E-state index contributed by atoms with van der Waals surface area (Å²) in [6.07, 6.45) is 6.82. The maximum atomic E-state index is 13.1. The molecule has 1 aliphatic rings. The zero-order valence-electron chi connectivity index (χ0n) is 16.2. The highest BCUT2D eigenvalue weighted by Gasteiger charge is 2.34. The van der Waals surface area contributed by atoms with Crippen molar-refractivity contribution in [1.82, 2.24) is 15.0 Å². The molecule has 1 fully saturated rings. The van der Waals surface area contributed by atoms with E-state index in [0.29, 0.717) is 17.3 Å². The predicted octanol–water partition coefficient (Wildman–Crippen LogP) is 5.15. The lowest BCUT2D eigenvalue weighted by Crippen LogP contribution is -2.42. The van der Waals surface area contributed by atoms with E-state index in [1.54, 1.807) is 12.1 Å². The summed E-state index contributed by atoms with van der Waals surface area (Å²) < 4.78 is 18.6. The van der Waals surface area contributed by atoms with Crippen LogP contribution in [-0.2, 0) is 4.79 Å². The number of rotatable bonds is 7. The molecule has 0 radical (unpaired) electrons. The van der Waals surface area contributed by atoms with Crippen LogP contribution in [0.2, 0.25) is 0 Å². The summed E-state index contributed by atoms with van der Waals surface area (Å²) in [4.78, 5) is 19.6. The van der Waals surface area contributed by atoms with Crippen LogP contribution in [0.4, 0.5) is 4.39 Å². The lowest BCUT2D eigenvalue weighted by molar-refractivity contribution is -0.140. The quantitative estimate of drug-likeness (QED) is 0.674. The molecular formula is C21H28FN3O2. The van der Waals surface area contributed by atoms with Gasteiger partial charge in [0.05, 0.1) is 0 Å². The topological polar surface area (TPSA) is 59.2 Å². The monoisotopic (exact) mass is 373 g/mol. The molecule has 1 aromatic heterocycles. The second-order valence-electron chi connectivity index (χ2n) is 7.25. The smallest absolute Gasteiger partial charge is 0.249 e. The first-order valence-electron chi connectivity index (χ1n) is 10.0. The second-order valence-corrected chi connectivity index (χ2v) is 7.25. The van der Waals surface area contributed by atoms with Gasteiger partial charge in [0.2, 0.25) is 17.6 Å². The van der Waals surface area contributed by atoms with E-state index in [2.05, 4.69) is 24.0 Å². The highest BCUT2D eigenvalue weighted by molar-refractivity contribution is 5.79. The first-order valence-corrected chi connectivity index (χ1v) is 10.0. The third-order valence-electron chi connectivity index (χ3n) is 5.36. The Morgan fingerprint density at radius 3 is 2.78 bits per heavy atom. The molecule has 2 heterocycles. The summed E-state index contributed by atoms with van der Waals surface area (Å²) >= 11 is 0. The number of aromatic nitrogens is 2. The third-order valence-corrected chi connectivity index (χ3v) is 5.36. The maximum Gasteiger partial charge on any atom is 0.249 e. The van der Waals surface area contributed by atoms with Crippen molar-refractivity contribution in [2.45, 2.75) is 64.8 Å². The molecule has 3 rings (SSSR count). The minimum Gasteiger partial charge on any atom is -0.337 e. The van der Waals surface area contributed by atoms with Crippen LogP contribution in [-0.4, -0.2) is 27.5 Å². The number of halogens is 1. The molecule has 1 aromatic carbocycles. The summed E-state index contributed by atoms with van der Waals surface area (Å²) in [5.41, 5.74) is 0.703. The third kappa shape index (κ3) is 4.54. The molecule has 0 spiro atoms. The molecule has 1 aliphatic heterocycles. The fourth-order valence-electron chi connectivity index (χ4n) is 3.73. The van der Waals surface area contributed by atoms with Crippen molar-refractivity contribution >= 4 is 5.91 Å². The number of benzene rings is 1. The van der Waals surface area contributed by atoms with Crippen LogP contribution in [0.25, 0.3) is 11.4 Å². The van der Waals surface area contributed by atoms with Gasteiger partial charge in [0.25, 0.3) is 0 Å². The molecule has 0 saturated carbocycles. The van der Waals surface area contributed by atoms with E-state index in [0.717, 1.165) is 51.5 Å². The number of unbranched alkanes of at least 4 members (excludes halogenated alkanes) is 1. The minimum atomic E-state index is -0.302. The van der Waals surface area contributed by atoms with Gasteiger partial charge in [-0.2, -0.15) is 4.98 Å². The van der Waals surface area contributed by atoms with Gasteiger partial charge in [-0.15, -0.1) is 0 Å². The van der Waals surface area contributed by atoms with Gasteiger partial charge in [-0.25, -0.2) is 4.39 Å². The average molecular weight is 373 g/mol. The fraction of sp³-hybridized carbons (Fsp3) is 0.571. The second kappa shape index (κ2) is 9.11. The normalized spacial score (nSPS) is 18.5. The lowest BCUT2D eigenvalue weighted by Gasteiger charge is -2.35. The Balaban J connectivity index is 1.79. The van der Waals surface area contributed by atoms with Gasteiger partial charge in [-0.05, 0) is 56.4 Å². The number of carbonyl (C=O) groups excluding carboxylic acids is 1. The van der Waals surface area contributed by atoms with Crippen molar-refractivity contribution in [3.63, 3.8) is 0 Å². The lowest BCUT2D eigenvalue weighted by atomic mass is 9.94. The number of carbonyl (C=O) groups is 1. The summed E-state index contributed by atoms with van der Waals surface area (Å²) in [5, 5.41) is 4.05. The molecule has 146 valence electrons. The maximum absolute atomic E-state index is 13.1. The zero-order chi connectivity index (χ0) is 19.2. The molecule has 0 N–H and O–H groups in total. The Morgan fingerprint density at radius 2 is 2.07 bits per heavy atom. The highest BCUT2D eigenvalue weighted by atomic mass is 19.1. The van der Waals surface area contributed by atoms with Crippen LogP contribution in [0.1, 0.15) is 70.7 Å². The molecule has 0 unspecified atom stereocenters. The largest absolute Gasteiger partial charge is 0.337 e. The predicted molar refractivity (Wildman–Crippen MR) is 101 cm³/mol. The van der Waals surface area contributed by atoms with E-state index in [-0.39, 0.29) is 23.7 Å². The van der Waals surface area contributed by atoms with Crippen molar-refractivity contribution in [3.8, 4) is 11.4 Å². The summed E-state index contributed by atoms with van der Waals surface area (Å²) in [7, 11) is 0. The van der Waals surface area contributed by atoms with Crippen LogP contribution in [0, 0.1) is 11.7 Å². The molecule has 2 atom stereocenters. The average Bonchev–Trinajstić information content (AvgIpc) is 3.19. The van der Waals surface area contributed by atoms with E-state index in [9.17, 15) is 9.18 Å². The highest BCUT2D eigenvalue weighted by Crippen LogP contribution is 2.33. The molecule has 0 aliphatic carbocycles. The SMILES string of the molecule is CCCC[C@H](CC)C(=O)N1CCCC[C@H]1c1nc(-c2ccc(F)cc2)no1. The molecule has 27 heavy (non-hydrogen) atoms. The Morgan fingerprint density at radius 1 is 1.30 bits per heavy atom. The van der Waals surface area contributed by atoms with Gasteiger partial charge in [0.15, 0.2) is 0 Å². The minimum absolute atomic E-state index is 0.0602. The Bertz CT molecular complexity index is 744. The Labute approximate surface area is 159 Å². The Hall–Kier alpha value is -2.24. The number of hydrogen-bond acceptors (Lipinski definition) is 4. The van der Waals surface area contributed by atoms with E-state index < -0.39 is 0 Å². The number of piperidine rings is 1. The van der Waals surface area contributed by atoms with Gasteiger partial charge in [0.1, 0.15) is 11.9 Å². The van der Waals surface area contributed by atoms with E-state index in [1.165, 1.54) is 12.1 Å². The molecule has 2 aromatic rings. The molecule has 0 bridgehead atoms. The van der Waals surface area contributed by atoms with Crippen LogP contribution < -0.4 is 0 Å². The van der Waals surface area contributed by atoms with Crippen molar-refractivity contribution in [2.24, 2.45) is 5.92 Å². The van der Waals surface area contributed by atoms with Crippen LogP contribution in [0.5, 0.6) is 0 Å². The fourth-order valence-corrected chi connectivity index (χ4v) is 3.73. The van der Waals surface area contributed by atoms with Crippen molar-refractivity contribution < 1.29 is 13.7 Å². The van der Waals surface area contributed by atoms with Gasteiger partial charge in [-0.3, -0.25) is 4.79 Å². The van der Waals surface area contributed by atoms with E-state index in [4.69, 9.17) is 4.52 Å². The number of likely N-dealkylation sites (tertiary alicyclic amines) is 1. The van der Waals surface area contributed by atoms with Crippen molar-refractivity contribution in [2.75, 3.05) is 6.54 Å². The summed E-state index contributed by atoms with van der Waals surface area (Å²) in [6.45, 7) is 4.97. The molecule has 1 saturated heterocycles. The first kappa shape index (κ1) is 19.5.